The standard InChI is InChI=1S/C12H18ClN3O/c1-3-4-12(5-6-14-8-12)11(17)10-9(13)7-15-16(10)2/h7,14H,3-6,8H2,1-2H3. The predicted molar refractivity (Wildman–Crippen MR) is 67.4 cm³/mol. The van der Waals surface area contributed by atoms with Crippen molar-refractivity contribution in [1.29, 1.82) is 0 Å². The number of carbonyl (C=O) groups excluding carboxylic acids is 1. The molecule has 17 heavy (non-hydrogen) atoms. The van der Waals surface area contributed by atoms with Gasteiger partial charge in [-0.2, -0.15) is 5.10 Å². The number of aromatic nitrogens is 2. The first kappa shape index (κ1) is 12.6. The summed E-state index contributed by atoms with van der Waals surface area (Å²) < 4.78 is 1.58. The minimum absolute atomic E-state index is 0.134. The largest absolute Gasteiger partial charge is 0.316 e. The molecule has 1 unspecified atom stereocenters. The molecule has 4 nitrogen and oxygen atoms in total. The number of nitrogens with zero attached hydrogens (tertiary/aromatic N) is 2. The van der Waals surface area contributed by atoms with Crippen LogP contribution in [0, 0.1) is 5.41 Å². The zero-order valence-corrected chi connectivity index (χ0v) is 11.0. The lowest BCUT2D eigenvalue weighted by molar-refractivity contribution is 0.0791. The molecule has 1 atom stereocenters. The van der Waals surface area contributed by atoms with Gasteiger partial charge in [-0.25, -0.2) is 0 Å². The molecular weight excluding hydrogens is 238 g/mol. The molecule has 0 aliphatic carbocycles. The summed E-state index contributed by atoms with van der Waals surface area (Å²) in [4.78, 5) is 12.7. The van der Waals surface area contributed by atoms with Crippen LogP contribution in [0.15, 0.2) is 6.20 Å². The molecular formula is C12H18ClN3O. The fourth-order valence-corrected chi connectivity index (χ4v) is 2.91. The van der Waals surface area contributed by atoms with Gasteiger partial charge in [0, 0.05) is 19.0 Å². The number of halogens is 1. The van der Waals surface area contributed by atoms with Gasteiger partial charge in [0.15, 0.2) is 5.78 Å². The zero-order valence-electron chi connectivity index (χ0n) is 10.3. The SMILES string of the molecule is CCCC1(C(=O)c2c(Cl)cnn2C)CCNC1. The summed E-state index contributed by atoms with van der Waals surface area (Å²) in [5.74, 6) is 0.134. The molecule has 1 saturated heterocycles. The second kappa shape index (κ2) is 4.78. The average Bonchev–Trinajstić information content (AvgIpc) is 2.88. The van der Waals surface area contributed by atoms with Gasteiger partial charge in [-0.15, -0.1) is 0 Å². The molecule has 2 rings (SSSR count). The van der Waals surface area contributed by atoms with Crippen LogP contribution in [0.4, 0.5) is 0 Å². The summed E-state index contributed by atoms with van der Waals surface area (Å²) in [6.45, 7) is 3.76. The van der Waals surface area contributed by atoms with E-state index in [1.54, 1.807) is 11.7 Å². The Morgan fingerprint density at radius 2 is 2.47 bits per heavy atom. The molecule has 5 heteroatoms. The highest BCUT2D eigenvalue weighted by molar-refractivity contribution is 6.33. The molecule has 1 N–H and O–H groups in total. The van der Waals surface area contributed by atoms with Crippen molar-refractivity contribution < 1.29 is 4.79 Å². The van der Waals surface area contributed by atoms with E-state index in [2.05, 4.69) is 17.3 Å². The van der Waals surface area contributed by atoms with Crippen LogP contribution < -0.4 is 5.32 Å². The van der Waals surface area contributed by atoms with Crippen molar-refractivity contribution in [2.75, 3.05) is 13.1 Å². The Morgan fingerprint density at radius 3 is 2.94 bits per heavy atom. The van der Waals surface area contributed by atoms with Gasteiger partial charge in [-0.1, -0.05) is 24.9 Å². The van der Waals surface area contributed by atoms with Crippen LogP contribution in [0.5, 0.6) is 0 Å². The molecule has 0 saturated carbocycles. The lowest BCUT2D eigenvalue weighted by Gasteiger charge is -2.26. The van der Waals surface area contributed by atoms with Gasteiger partial charge in [0.2, 0.25) is 0 Å². The Labute approximate surface area is 106 Å². The summed E-state index contributed by atoms with van der Waals surface area (Å²) in [5.41, 5.74) is 0.260. The predicted octanol–water partition coefficient (Wildman–Crippen LogP) is 2.04. The number of rotatable bonds is 4. The lowest BCUT2D eigenvalue weighted by atomic mass is 9.77. The van der Waals surface area contributed by atoms with E-state index >= 15 is 0 Å². The maximum atomic E-state index is 12.7. The monoisotopic (exact) mass is 255 g/mol. The van der Waals surface area contributed by atoms with E-state index in [0.29, 0.717) is 10.7 Å². The van der Waals surface area contributed by atoms with Crippen LogP contribution in [0.1, 0.15) is 36.7 Å². The van der Waals surface area contributed by atoms with Crippen LogP contribution in [-0.4, -0.2) is 28.7 Å². The topological polar surface area (TPSA) is 46.9 Å². The Hall–Kier alpha value is -0.870. The molecule has 0 spiro atoms. The number of Topliss-reactive ketones (excluding diaryl/α,β-unsaturated/α-hetero) is 1. The van der Waals surface area contributed by atoms with Crippen molar-refractivity contribution in [3.63, 3.8) is 0 Å². The first-order valence-electron chi connectivity index (χ1n) is 6.04. The van der Waals surface area contributed by atoms with Crippen molar-refractivity contribution in [2.24, 2.45) is 12.5 Å². The quantitative estimate of drug-likeness (QED) is 0.838. The van der Waals surface area contributed by atoms with Gasteiger partial charge < -0.3 is 5.32 Å². The minimum atomic E-state index is -0.286. The van der Waals surface area contributed by atoms with Crippen LogP contribution in [0.2, 0.25) is 5.02 Å². The summed E-state index contributed by atoms with van der Waals surface area (Å²) in [7, 11) is 1.77. The number of hydrogen-bond donors (Lipinski definition) is 1. The maximum absolute atomic E-state index is 12.7. The third-order valence-electron chi connectivity index (χ3n) is 3.56. The molecule has 1 aromatic heterocycles. The van der Waals surface area contributed by atoms with Crippen molar-refractivity contribution in [2.45, 2.75) is 26.2 Å². The number of ketones is 1. The first-order valence-corrected chi connectivity index (χ1v) is 6.41. The fourth-order valence-electron chi connectivity index (χ4n) is 2.66. The van der Waals surface area contributed by atoms with E-state index in [1.807, 2.05) is 0 Å². The Bertz CT molecular complexity index is 402. The molecule has 1 aromatic rings. The number of aryl methyl sites for hydroxylation is 1. The average molecular weight is 256 g/mol. The van der Waals surface area contributed by atoms with Gasteiger partial charge in [-0.05, 0) is 19.4 Å². The van der Waals surface area contributed by atoms with E-state index in [-0.39, 0.29) is 11.2 Å². The van der Waals surface area contributed by atoms with Crippen LogP contribution >= 0.6 is 11.6 Å². The van der Waals surface area contributed by atoms with Crippen LogP contribution in [0.25, 0.3) is 0 Å². The first-order chi connectivity index (χ1) is 8.10. The molecule has 2 heterocycles. The second-order valence-corrected chi connectivity index (χ2v) is 5.16. The highest BCUT2D eigenvalue weighted by Crippen LogP contribution is 2.36. The fraction of sp³-hybridized carbons (Fsp3) is 0.667. The van der Waals surface area contributed by atoms with E-state index in [4.69, 9.17) is 11.6 Å². The van der Waals surface area contributed by atoms with E-state index < -0.39 is 0 Å². The summed E-state index contributed by atoms with van der Waals surface area (Å²) >= 11 is 6.06. The highest BCUT2D eigenvalue weighted by atomic mass is 35.5. The molecule has 1 fully saturated rings. The molecule has 0 amide bonds. The Morgan fingerprint density at radius 1 is 1.71 bits per heavy atom. The van der Waals surface area contributed by atoms with Crippen molar-refractivity contribution in [1.82, 2.24) is 15.1 Å². The maximum Gasteiger partial charge on any atom is 0.189 e. The Balaban J connectivity index is 2.35. The van der Waals surface area contributed by atoms with Gasteiger partial charge in [0.1, 0.15) is 5.69 Å². The van der Waals surface area contributed by atoms with E-state index in [0.717, 1.165) is 32.4 Å². The third kappa shape index (κ3) is 2.11. The van der Waals surface area contributed by atoms with Crippen molar-refractivity contribution >= 4 is 17.4 Å². The third-order valence-corrected chi connectivity index (χ3v) is 3.84. The normalized spacial score (nSPS) is 24.2. The van der Waals surface area contributed by atoms with E-state index in [9.17, 15) is 4.79 Å². The summed E-state index contributed by atoms with van der Waals surface area (Å²) in [6, 6.07) is 0. The Kier molecular flexibility index (Phi) is 3.54. The van der Waals surface area contributed by atoms with Crippen molar-refractivity contribution in [3.8, 4) is 0 Å². The molecule has 1 aliphatic rings. The molecule has 0 bridgehead atoms. The van der Waals surface area contributed by atoms with E-state index in [1.165, 1.54) is 6.20 Å². The summed E-state index contributed by atoms with van der Waals surface area (Å²) in [5, 5.41) is 7.79. The number of carbonyl (C=O) groups is 1. The van der Waals surface area contributed by atoms with Crippen molar-refractivity contribution in [3.05, 3.63) is 16.9 Å². The van der Waals surface area contributed by atoms with Gasteiger partial charge in [0.05, 0.1) is 11.2 Å². The molecule has 94 valence electrons. The minimum Gasteiger partial charge on any atom is -0.316 e. The van der Waals surface area contributed by atoms with Gasteiger partial charge in [0.25, 0.3) is 0 Å². The van der Waals surface area contributed by atoms with Gasteiger partial charge >= 0.3 is 0 Å². The second-order valence-electron chi connectivity index (χ2n) is 4.75. The smallest absolute Gasteiger partial charge is 0.189 e. The number of hydrogen-bond acceptors (Lipinski definition) is 3. The van der Waals surface area contributed by atoms with Crippen LogP contribution in [-0.2, 0) is 7.05 Å². The highest BCUT2D eigenvalue weighted by Gasteiger charge is 2.42. The number of nitrogens with one attached hydrogen (secondary N) is 1. The van der Waals surface area contributed by atoms with Crippen LogP contribution in [0.3, 0.4) is 0 Å². The molecule has 1 aliphatic heterocycles. The van der Waals surface area contributed by atoms with Gasteiger partial charge in [-0.3, -0.25) is 9.48 Å². The lowest BCUT2D eigenvalue weighted by Crippen LogP contribution is -2.35. The summed E-state index contributed by atoms with van der Waals surface area (Å²) in [6.07, 6.45) is 4.33. The molecule has 0 radical (unpaired) electrons. The molecule has 0 aromatic carbocycles. The zero-order chi connectivity index (χ0) is 12.5.